The third kappa shape index (κ3) is 5.87. The van der Waals surface area contributed by atoms with E-state index in [4.69, 9.17) is 4.74 Å². The molecule has 0 radical (unpaired) electrons. The lowest BCUT2D eigenvalue weighted by Crippen LogP contribution is -2.45. The van der Waals surface area contributed by atoms with Crippen molar-refractivity contribution in [3.05, 3.63) is 35.9 Å². The fourth-order valence-electron chi connectivity index (χ4n) is 2.25. The minimum absolute atomic E-state index is 0.394. The van der Waals surface area contributed by atoms with E-state index < -0.39 is 5.54 Å². The fourth-order valence-corrected chi connectivity index (χ4v) is 2.25. The van der Waals surface area contributed by atoms with E-state index in [1.165, 1.54) is 0 Å². The largest absolute Gasteiger partial charge is 0.378 e. The first-order valence-electron chi connectivity index (χ1n) is 7.94. The lowest BCUT2D eigenvalue weighted by atomic mass is 9.92. The zero-order chi connectivity index (χ0) is 15.6. The van der Waals surface area contributed by atoms with E-state index in [0.29, 0.717) is 19.1 Å². The topological polar surface area (TPSA) is 45.0 Å². The first kappa shape index (κ1) is 17.7. The summed E-state index contributed by atoms with van der Waals surface area (Å²) in [5.41, 5.74) is 0.236. The maximum atomic E-state index is 9.71. The van der Waals surface area contributed by atoms with Crippen LogP contribution in [0, 0.1) is 17.2 Å². The molecule has 0 amide bonds. The molecule has 1 atom stereocenters. The van der Waals surface area contributed by atoms with Crippen LogP contribution in [0.2, 0.25) is 0 Å². The highest BCUT2D eigenvalue weighted by Crippen LogP contribution is 2.21. The summed E-state index contributed by atoms with van der Waals surface area (Å²) in [5, 5.41) is 13.1. The number of nitrogens with one attached hydrogen (secondary N) is 1. The summed E-state index contributed by atoms with van der Waals surface area (Å²) in [4.78, 5) is 0. The van der Waals surface area contributed by atoms with Crippen LogP contribution in [0.3, 0.4) is 0 Å². The molecule has 0 aliphatic rings. The molecule has 21 heavy (non-hydrogen) atoms. The number of benzene rings is 1. The van der Waals surface area contributed by atoms with Gasteiger partial charge in [0.2, 0.25) is 0 Å². The van der Waals surface area contributed by atoms with Gasteiger partial charge in [-0.2, -0.15) is 5.26 Å². The Morgan fingerprint density at radius 2 is 2.00 bits per heavy atom. The predicted octanol–water partition coefficient (Wildman–Crippen LogP) is 3.86. The number of rotatable bonds is 10. The van der Waals surface area contributed by atoms with Gasteiger partial charge in [-0.3, -0.25) is 5.32 Å². The molecule has 0 bridgehead atoms. The Morgan fingerprint density at radius 3 is 2.57 bits per heavy atom. The normalized spacial score (nSPS) is 13.9. The highest BCUT2D eigenvalue weighted by atomic mass is 16.5. The average molecular weight is 288 g/mol. The Hall–Kier alpha value is -1.37. The van der Waals surface area contributed by atoms with Gasteiger partial charge in [0.25, 0.3) is 0 Å². The second kappa shape index (κ2) is 9.55. The van der Waals surface area contributed by atoms with E-state index in [1.807, 2.05) is 30.3 Å². The smallest absolute Gasteiger partial charge is 0.155 e. The standard InChI is InChI=1S/C18H28N2O/c1-4-12-20-18(14-19,17-10-6-5-7-11-17)15-21-13-8-9-16(2)3/h5-7,10-11,16,20H,4,8-9,12-13,15H2,1-3H3. The molecule has 0 aliphatic carbocycles. The van der Waals surface area contributed by atoms with Gasteiger partial charge in [-0.25, -0.2) is 0 Å². The van der Waals surface area contributed by atoms with Crippen molar-refractivity contribution in [2.75, 3.05) is 19.8 Å². The van der Waals surface area contributed by atoms with Gasteiger partial charge >= 0.3 is 0 Å². The third-order valence-corrected chi connectivity index (χ3v) is 3.52. The van der Waals surface area contributed by atoms with Crippen molar-refractivity contribution in [3.63, 3.8) is 0 Å². The average Bonchev–Trinajstić information content (AvgIpc) is 2.51. The van der Waals surface area contributed by atoms with Crippen molar-refractivity contribution in [2.45, 2.75) is 45.6 Å². The van der Waals surface area contributed by atoms with Crippen LogP contribution in [0.4, 0.5) is 0 Å². The Balaban J connectivity index is 2.66. The van der Waals surface area contributed by atoms with Crippen LogP contribution in [0.1, 0.15) is 45.6 Å². The maximum Gasteiger partial charge on any atom is 0.155 e. The first-order valence-corrected chi connectivity index (χ1v) is 7.94. The number of ether oxygens (including phenoxy) is 1. The first-order chi connectivity index (χ1) is 10.1. The summed E-state index contributed by atoms with van der Waals surface area (Å²) >= 11 is 0. The number of hydrogen-bond donors (Lipinski definition) is 1. The van der Waals surface area contributed by atoms with Crippen LogP contribution in [0.5, 0.6) is 0 Å². The minimum Gasteiger partial charge on any atom is -0.378 e. The number of hydrogen-bond acceptors (Lipinski definition) is 3. The Kier molecular flexibility index (Phi) is 8.04. The molecule has 0 fully saturated rings. The van der Waals surface area contributed by atoms with Crippen LogP contribution in [0.25, 0.3) is 0 Å². The third-order valence-electron chi connectivity index (χ3n) is 3.52. The van der Waals surface area contributed by atoms with Gasteiger partial charge in [0, 0.05) is 6.61 Å². The molecule has 0 saturated carbocycles. The van der Waals surface area contributed by atoms with E-state index in [-0.39, 0.29) is 0 Å². The zero-order valence-corrected chi connectivity index (χ0v) is 13.6. The molecule has 1 aromatic rings. The van der Waals surface area contributed by atoms with Crippen molar-refractivity contribution in [1.29, 1.82) is 5.26 Å². The van der Waals surface area contributed by atoms with Gasteiger partial charge in [-0.05, 0) is 37.3 Å². The quantitative estimate of drug-likeness (QED) is 0.665. The van der Waals surface area contributed by atoms with Crippen molar-refractivity contribution < 1.29 is 4.74 Å². The molecule has 0 spiro atoms. The maximum absolute atomic E-state index is 9.71. The number of nitrogens with zero attached hydrogens (tertiary/aromatic N) is 1. The van der Waals surface area contributed by atoms with Gasteiger partial charge in [0.05, 0.1) is 12.7 Å². The van der Waals surface area contributed by atoms with Crippen LogP contribution >= 0.6 is 0 Å². The Bertz CT molecular complexity index is 425. The van der Waals surface area contributed by atoms with Crippen molar-refractivity contribution >= 4 is 0 Å². The van der Waals surface area contributed by atoms with E-state index in [2.05, 4.69) is 32.2 Å². The van der Waals surface area contributed by atoms with Gasteiger partial charge in [0.15, 0.2) is 5.54 Å². The minimum atomic E-state index is -0.741. The molecule has 0 aromatic heterocycles. The summed E-state index contributed by atoms with van der Waals surface area (Å²) in [7, 11) is 0. The summed E-state index contributed by atoms with van der Waals surface area (Å²) < 4.78 is 5.81. The molecule has 0 aliphatic heterocycles. The summed E-state index contributed by atoms with van der Waals surface area (Å²) in [6.07, 6.45) is 3.19. The van der Waals surface area contributed by atoms with Crippen LogP contribution in [0.15, 0.2) is 30.3 Å². The van der Waals surface area contributed by atoms with E-state index in [0.717, 1.165) is 31.4 Å². The van der Waals surface area contributed by atoms with Gasteiger partial charge in [-0.15, -0.1) is 0 Å². The summed E-state index contributed by atoms with van der Waals surface area (Å²) in [5.74, 6) is 0.696. The molecule has 1 unspecified atom stereocenters. The molecule has 1 N–H and O–H groups in total. The predicted molar refractivity (Wildman–Crippen MR) is 86.9 cm³/mol. The van der Waals surface area contributed by atoms with Crippen LogP contribution in [-0.4, -0.2) is 19.8 Å². The van der Waals surface area contributed by atoms with Crippen molar-refractivity contribution in [1.82, 2.24) is 5.32 Å². The lowest BCUT2D eigenvalue weighted by molar-refractivity contribution is 0.0842. The monoisotopic (exact) mass is 288 g/mol. The SMILES string of the molecule is CCCNC(C#N)(COCCCC(C)C)c1ccccc1. The summed E-state index contributed by atoms with van der Waals surface area (Å²) in [6, 6.07) is 12.3. The molecule has 3 heteroatoms. The van der Waals surface area contributed by atoms with E-state index in [1.54, 1.807) is 0 Å². The number of nitriles is 1. The summed E-state index contributed by atoms with van der Waals surface area (Å²) in [6.45, 7) is 8.44. The molecular formula is C18H28N2O. The molecule has 0 heterocycles. The molecule has 3 nitrogen and oxygen atoms in total. The fraction of sp³-hybridized carbons (Fsp3) is 0.611. The zero-order valence-electron chi connectivity index (χ0n) is 13.6. The van der Waals surface area contributed by atoms with Crippen molar-refractivity contribution in [3.8, 4) is 6.07 Å². The lowest BCUT2D eigenvalue weighted by Gasteiger charge is -2.28. The van der Waals surface area contributed by atoms with E-state index >= 15 is 0 Å². The highest BCUT2D eigenvalue weighted by Gasteiger charge is 2.31. The molecule has 116 valence electrons. The van der Waals surface area contributed by atoms with Crippen molar-refractivity contribution in [2.24, 2.45) is 5.92 Å². The molecular weight excluding hydrogens is 260 g/mol. The van der Waals surface area contributed by atoms with Gasteiger partial charge in [0.1, 0.15) is 0 Å². The second-order valence-corrected chi connectivity index (χ2v) is 5.90. The van der Waals surface area contributed by atoms with E-state index in [9.17, 15) is 5.26 Å². The Morgan fingerprint density at radius 1 is 1.29 bits per heavy atom. The van der Waals surface area contributed by atoms with Gasteiger partial charge in [-0.1, -0.05) is 51.1 Å². The van der Waals surface area contributed by atoms with Crippen LogP contribution < -0.4 is 5.32 Å². The van der Waals surface area contributed by atoms with Gasteiger partial charge < -0.3 is 4.74 Å². The molecule has 1 rings (SSSR count). The molecule has 1 aromatic carbocycles. The Labute approximate surface area is 129 Å². The molecule has 0 saturated heterocycles. The van der Waals surface area contributed by atoms with Crippen LogP contribution in [-0.2, 0) is 10.3 Å². The second-order valence-electron chi connectivity index (χ2n) is 5.90. The highest BCUT2D eigenvalue weighted by molar-refractivity contribution is 5.31.